The van der Waals surface area contributed by atoms with Gasteiger partial charge in [-0.15, -0.1) is 0 Å². The third-order valence-electron chi connectivity index (χ3n) is 7.74. The summed E-state index contributed by atoms with van der Waals surface area (Å²) in [5, 5.41) is 0. The van der Waals surface area contributed by atoms with Gasteiger partial charge in [-0.2, -0.15) is 0 Å². The first-order valence-corrected chi connectivity index (χ1v) is 15.3. The van der Waals surface area contributed by atoms with E-state index in [9.17, 15) is 4.79 Å². The number of unbranched alkanes of at least 4 members (excludes halogenated alkanes) is 8. The lowest BCUT2D eigenvalue weighted by atomic mass is 9.87. The van der Waals surface area contributed by atoms with Gasteiger partial charge in [-0.1, -0.05) is 89.5 Å². The Morgan fingerprint density at radius 1 is 0.667 bits per heavy atom. The fraction of sp³-hybridized carbons (Fsp3) is 0.618. The third kappa shape index (κ3) is 13.1. The molecule has 213 valence electrons. The number of benzene rings is 2. The molecule has 0 N–H and O–H groups in total. The van der Waals surface area contributed by atoms with Crippen molar-refractivity contribution in [2.75, 3.05) is 6.79 Å². The van der Waals surface area contributed by atoms with Gasteiger partial charge in [-0.05, 0) is 86.8 Å². The molecule has 3 rings (SSSR count). The predicted octanol–water partition coefficient (Wildman–Crippen LogP) is 8.85. The van der Waals surface area contributed by atoms with Gasteiger partial charge in [0.15, 0.2) is 6.79 Å². The topological polar surface area (TPSA) is 44.8 Å². The largest absolute Gasteiger partial charge is 0.468 e. The van der Waals surface area contributed by atoms with Crippen LogP contribution in [0.3, 0.4) is 0 Å². The molecule has 3 radical (unpaired) electrons. The summed E-state index contributed by atoms with van der Waals surface area (Å²) in [5.41, 5.74) is 2.68. The van der Waals surface area contributed by atoms with Crippen LogP contribution in [0.2, 0.25) is 0 Å². The van der Waals surface area contributed by atoms with E-state index in [0.29, 0.717) is 5.75 Å². The highest BCUT2D eigenvalue weighted by Gasteiger charge is 2.28. The summed E-state index contributed by atoms with van der Waals surface area (Å²) in [4.78, 5) is 12.7. The number of esters is 1. The second-order valence-corrected chi connectivity index (χ2v) is 10.9. The van der Waals surface area contributed by atoms with Crippen LogP contribution >= 0.6 is 0 Å². The van der Waals surface area contributed by atoms with Gasteiger partial charge < -0.3 is 14.2 Å². The first-order chi connectivity index (χ1) is 18.7. The molecular weight excluding hydrogens is 483 g/mol. The van der Waals surface area contributed by atoms with Crippen LogP contribution in [0.5, 0.6) is 11.5 Å². The standard InChI is InChI=1S/C34H50O4.B/c1-3-5-7-9-11-13-28-15-21-31(22-16-28)36-27-37-32-25-19-30(20-26-32)34(35)38-33-23-17-29(18-24-33)14-12-10-8-6-4-2;/h15-18,21-24,30,32H,3-14,19-20,25-27H2,1-2H3;. The van der Waals surface area contributed by atoms with Crippen molar-refractivity contribution in [3.05, 3.63) is 59.7 Å². The van der Waals surface area contributed by atoms with Gasteiger partial charge in [0.25, 0.3) is 0 Å². The van der Waals surface area contributed by atoms with Gasteiger partial charge in [0, 0.05) is 8.41 Å². The molecule has 1 saturated carbocycles. The molecule has 5 heteroatoms. The minimum absolute atomic E-state index is 0. The summed E-state index contributed by atoms with van der Waals surface area (Å²) in [7, 11) is 0. The molecule has 0 aromatic heterocycles. The molecule has 2 aromatic rings. The van der Waals surface area contributed by atoms with E-state index in [2.05, 4.69) is 38.1 Å². The van der Waals surface area contributed by atoms with Crippen LogP contribution < -0.4 is 9.47 Å². The highest BCUT2D eigenvalue weighted by molar-refractivity contribution is 5.75. The molecular formula is C34H50BO4. The van der Waals surface area contributed by atoms with Gasteiger partial charge >= 0.3 is 5.97 Å². The smallest absolute Gasteiger partial charge is 0.314 e. The van der Waals surface area contributed by atoms with Crippen LogP contribution in [-0.4, -0.2) is 27.3 Å². The number of rotatable bonds is 18. The maximum atomic E-state index is 12.7. The summed E-state index contributed by atoms with van der Waals surface area (Å²) >= 11 is 0. The normalized spacial score (nSPS) is 16.9. The van der Waals surface area contributed by atoms with E-state index in [1.807, 2.05) is 24.3 Å². The first-order valence-electron chi connectivity index (χ1n) is 15.3. The fourth-order valence-electron chi connectivity index (χ4n) is 5.20. The molecule has 0 amide bonds. The second kappa shape index (κ2) is 19.7. The third-order valence-corrected chi connectivity index (χ3v) is 7.74. The lowest BCUT2D eigenvalue weighted by molar-refractivity contribution is -0.141. The van der Waals surface area contributed by atoms with Crippen LogP contribution in [0.25, 0.3) is 0 Å². The predicted molar refractivity (Wildman–Crippen MR) is 162 cm³/mol. The van der Waals surface area contributed by atoms with E-state index in [-0.39, 0.29) is 33.2 Å². The molecule has 0 saturated heterocycles. The lowest BCUT2D eigenvalue weighted by Gasteiger charge is -2.27. The van der Waals surface area contributed by atoms with Crippen molar-refractivity contribution in [1.29, 1.82) is 0 Å². The molecule has 1 aliphatic carbocycles. The quantitative estimate of drug-likeness (QED) is 0.0631. The summed E-state index contributed by atoms with van der Waals surface area (Å²) in [6.07, 6.45) is 18.6. The second-order valence-electron chi connectivity index (χ2n) is 10.9. The first kappa shape index (κ1) is 32.9. The van der Waals surface area contributed by atoms with E-state index in [0.717, 1.165) is 44.3 Å². The number of aryl methyl sites for hydroxylation is 2. The van der Waals surface area contributed by atoms with Gasteiger partial charge in [0.1, 0.15) is 11.5 Å². The number of carbonyl (C=O) groups is 1. The highest BCUT2D eigenvalue weighted by Crippen LogP contribution is 2.28. The van der Waals surface area contributed by atoms with Crippen molar-refractivity contribution >= 4 is 14.4 Å². The van der Waals surface area contributed by atoms with E-state index in [1.54, 1.807) is 0 Å². The zero-order valence-corrected chi connectivity index (χ0v) is 24.5. The Kier molecular flexibility index (Phi) is 16.7. The zero-order valence-electron chi connectivity index (χ0n) is 24.5. The Morgan fingerprint density at radius 2 is 1.15 bits per heavy atom. The van der Waals surface area contributed by atoms with Crippen molar-refractivity contribution in [1.82, 2.24) is 0 Å². The van der Waals surface area contributed by atoms with Crippen LogP contribution in [0.4, 0.5) is 0 Å². The van der Waals surface area contributed by atoms with E-state index in [4.69, 9.17) is 14.2 Å². The van der Waals surface area contributed by atoms with Crippen LogP contribution in [0, 0.1) is 5.92 Å². The molecule has 4 nitrogen and oxygen atoms in total. The van der Waals surface area contributed by atoms with Crippen LogP contribution in [-0.2, 0) is 22.4 Å². The maximum Gasteiger partial charge on any atom is 0.314 e. The molecule has 0 unspecified atom stereocenters. The molecule has 39 heavy (non-hydrogen) atoms. The summed E-state index contributed by atoms with van der Waals surface area (Å²) in [5.74, 6) is 1.33. The molecule has 1 fully saturated rings. The maximum absolute atomic E-state index is 12.7. The number of carbonyl (C=O) groups excluding carboxylic acids is 1. The average Bonchev–Trinajstić information content (AvgIpc) is 2.95. The van der Waals surface area contributed by atoms with Crippen molar-refractivity contribution in [2.24, 2.45) is 5.92 Å². The number of hydrogen-bond acceptors (Lipinski definition) is 4. The van der Waals surface area contributed by atoms with Crippen LogP contribution in [0.15, 0.2) is 48.5 Å². The number of hydrogen-bond donors (Lipinski definition) is 0. The molecule has 0 spiro atoms. The Labute approximate surface area is 239 Å². The molecule has 2 aromatic carbocycles. The Hall–Kier alpha value is -2.27. The van der Waals surface area contributed by atoms with E-state index < -0.39 is 0 Å². The van der Waals surface area contributed by atoms with Gasteiger partial charge in [0.05, 0.1) is 12.0 Å². The molecule has 0 aliphatic heterocycles. The lowest BCUT2D eigenvalue weighted by Crippen LogP contribution is -2.29. The minimum atomic E-state index is -0.113. The van der Waals surface area contributed by atoms with Crippen LogP contribution in [0.1, 0.15) is 115 Å². The molecule has 0 bridgehead atoms. The van der Waals surface area contributed by atoms with E-state index in [1.165, 1.54) is 75.3 Å². The minimum Gasteiger partial charge on any atom is -0.468 e. The van der Waals surface area contributed by atoms with Crippen molar-refractivity contribution in [3.63, 3.8) is 0 Å². The molecule has 0 heterocycles. The van der Waals surface area contributed by atoms with Crippen molar-refractivity contribution < 1.29 is 19.0 Å². The SMILES string of the molecule is CCCCCCCc1ccc(OCOC2CCC(C(=O)Oc3ccc(CCCCCCC)cc3)CC2)cc1.[B]. The van der Waals surface area contributed by atoms with Crippen molar-refractivity contribution in [3.8, 4) is 11.5 Å². The number of ether oxygens (including phenoxy) is 3. The monoisotopic (exact) mass is 533 g/mol. The van der Waals surface area contributed by atoms with Gasteiger partial charge in [-0.3, -0.25) is 4.79 Å². The Morgan fingerprint density at radius 3 is 1.67 bits per heavy atom. The van der Waals surface area contributed by atoms with E-state index >= 15 is 0 Å². The van der Waals surface area contributed by atoms with Crippen molar-refractivity contribution in [2.45, 2.75) is 123 Å². The summed E-state index contributed by atoms with van der Waals surface area (Å²) < 4.78 is 17.5. The Bertz CT molecular complexity index is 888. The Balaban J connectivity index is 0.00000533. The van der Waals surface area contributed by atoms with Gasteiger partial charge in [0.2, 0.25) is 0 Å². The van der Waals surface area contributed by atoms with Gasteiger partial charge in [-0.25, -0.2) is 0 Å². The zero-order chi connectivity index (χ0) is 26.8. The fourth-order valence-corrected chi connectivity index (χ4v) is 5.20. The average molecular weight is 534 g/mol. The molecule has 0 atom stereocenters. The summed E-state index contributed by atoms with van der Waals surface area (Å²) in [6.45, 7) is 4.74. The highest BCUT2D eigenvalue weighted by atomic mass is 16.7. The molecule has 1 aliphatic rings. The summed E-state index contributed by atoms with van der Waals surface area (Å²) in [6, 6.07) is 16.5.